The largest absolute Gasteiger partial charge is 0.494 e. The van der Waals surface area contributed by atoms with Crippen molar-refractivity contribution >= 4 is 68.4 Å². The van der Waals surface area contributed by atoms with Gasteiger partial charge in [0.25, 0.3) is 5.91 Å². The number of benzene rings is 3. The van der Waals surface area contributed by atoms with E-state index in [1.54, 1.807) is 44.7 Å². The lowest BCUT2D eigenvalue weighted by atomic mass is 9.70. The fourth-order valence-corrected chi connectivity index (χ4v) is 12.1. The molecule has 51 heavy (non-hydrogen) atoms. The predicted octanol–water partition coefficient (Wildman–Crippen LogP) is 6.85. The van der Waals surface area contributed by atoms with Crippen molar-refractivity contribution in [2.24, 2.45) is 11.8 Å². The zero-order chi connectivity index (χ0) is 36.4. The third-order valence-corrected chi connectivity index (χ3v) is 13.8. The lowest BCUT2D eigenvalue weighted by molar-refractivity contribution is -0.141. The minimum Gasteiger partial charge on any atom is -0.494 e. The third kappa shape index (κ3) is 6.65. The van der Waals surface area contributed by atoms with Crippen LogP contribution in [0.1, 0.15) is 24.5 Å². The van der Waals surface area contributed by atoms with Crippen LogP contribution in [0.2, 0.25) is 5.02 Å². The molecule has 3 aliphatic rings. The number of para-hydroxylation sites is 1. The molecule has 3 amide bonds. The zero-order valence-electron chi connectivity index (χ0n) is 28.8. The monoisotopic (exact) mass is 791 g/mol. The first-order valence-electron chi connectivity index (χ1n) is 17.2. The maximum Gasteiger partial charge on any atom is 0.251 e. The van der Waals surface area contributed by atoms with Gasteiger partial charge in [0.1, 0.15) is 11.8 Å². The number of hydrogen-bond acceptors (Lipinski definition) is 6. The number of nitrogens with zero attached hydrogens (tertiary/aromatic N) is 3. The molecular formula is C40H43BrClN3O5S. The number of alkyl halides is 1. The van der Waals surface area contributed by atoms with Gasteiger partial charge in [0.2, 0.25) is 11.8 Å². The van der Waals surface area contributed by atoms with Gasteiger partial charge >= 0.3 is 0 Å². The van der Waals surface area contributed by atoms with Crippen molar-refractivity contribution in [3.05, 3.63) is 114 Å². The smallest absolute Gasteiger partial charge is 0.251 e. The number of carbonyl (C=O) groups excluding carboxylic acids is 3. The Morgan fingerprint density at radius 1 is 1.06 bits per heavy atom. The summed E-state index contributed by atoms with van der Waals surface area (Å²) in [6.45, 7) is 12.2. The van der Waals surface area contributed by atoms with E-state index in [0.29, 0.717) is 41.6 Å². The standard InChI is InChI=1S/C40H43BrClN3O5S/c1-5-20-43(27-16-18-29(19-17-27)50-7-3)37(47)32-33-38(48)45(28(24-46)22-26-13-9-8-10-14-26)36(40(33)23-30(41)35(32)51-40)39(49)44(21-6-2)34-25(4)12-11-15-31(34)42/h5-6,8-19,28,30,32-33,35-36,46H,1-2,7,20-24H2,3-4H3/t28-,30?,32+,33+,35+,36?,40?/m1/s1. The number of aryl methyl sites for hydroxylation is 1. The van der Waals surface area contributed by atoms with Crippen molar-refractivity contribution in [3.63, 3.8) is 0 Å². The number of rotatable bonds is 14. The van der Waals surface area contributed by atoms with Crippen molar-refractivity contribution in [2.45, 2.75) is 53.6 Å². The summed E-state index contributed by atoms with van der Waals surface area (Å²) in [6, 6.07) is 20.7. The molecule has 8 nitrogen and oxygen atoms in total. The Morgan fingerprint density at radius 3 is 2.37 bits per heavy atom. The molecule has 7 atom stereocenters. The van der Waals surface area contributed by atoms with Crippen LogP contribution in [0.3, 0.4) is 0 Å². The van der Waals surface area contributed by atoms with Gasteiger partial charge in [-0.25, -0.2) is 0 Å². The number of amides is 3. The molecule has 0 aromatic heterocycles. The highest BCUT2D eigenvalue weighted by atomic mass is 79.9. The van der Waals surface area contributed by atoms with E-state index in [0.717, 1.165) is 11.1 Å². The van der Waals surface area contributed by atoms with E-state index in [1.807, 2.05) is 80.6 Å². The van der Waals surface area contributed by atoms with E-state index < -0.39 is 28.7 Å². The third-order valence-electron chi connectivity index (χ3n) is 10.2. The predicted molar refractivity (Wildman–Crippen MR) is 209 cm³/mol. The Hall–Kier alpha value is -3.57. The van der Waals surface area contributed by atoms with E-state index in [4.69, 9.17) is 16.3 Å². The average molecular weight is 793 g/mol. The Morgan fingerprint density at radius 2 is 1.75 bits per heavy atom. The van der Waals surface area contributed by atoms with Crippen LogP contribution in [0.25, 0.3) is 0 Å². The minimum absolute atomic E-state index is 0.140. The van der Waals surface area contributed by atoms with E-state index in [1.165, 1.54) is 0 Å². The van der Waals surface area contributed by atoms with Crippen molar-refractivity contribution in [1.82, 2.24) is 4.90 Å². The molecule has 3 unspecified atom stereocenters. The van der Waals surface area contributed by atoms with Crippen LogP contribution >= 0.6 is 39.3 Å². The fourth-order valence-electron chi connectivity index (χ4n) is 8.21. The van der Waals surface area contributed by atoms with E-state index in [9.17, 15) is 9.90 Å². The number of carbonyl (C=O) groups is 3. The minimum atomic E-state index is -0.988. The number of anilines is 2. The first kappa shape index (κ1) is 37.2. The molecule has 0 aliphatic carbocycles. The first-order chi connectivity index (χ1) is 24.6. The van der Waals surface area contributed by atoms with Gasteiger partial charge in [-0.05, 0) is 68.1 Å². The molecule has 3 aromatic carbocycles. The van der Waals surface area contributed by atoms with Crippen LogP contribution < -0.4 is 14.5 Å². The summed E-state index contributed by atoms with van der Waals surface area (Å²) in [5, 5.41) is 11.1. The van der Waals surface area contributed by atoms with Gasteiger partial charge in [-0.3, -0.25) is 14.4 Å². The summed E-state index contributed by atoms with van der Waals surface area (Å²) in [4.78, 5) is 50.1. The molecule has 3 saturated heterocycles. The topological polar surface area (TPSA) is 90.4 Å². The molecule has 2 bridgehead atoms. The summed E-state index contributed by atoms with van der Waals surface area (Å²) in [7, 11) is 0. The Labute approximate surface area is 317 Å². The number of aliphatic hydroxyl groups is 1. The van der Waals surface area contributed by atoms with Crippen molar-refractivity contribution in [2.75, 3.05) is 36.1 Å². The van der Waals surface area contributed by atoms with Gasteiger partial charge < -0.3 is 24.5 Å². The number of ether oxygens (including phenoxy) is 1. The highest BCUT2D eigenvalue weighted by molar-refractivity contribution is 9.09. The number of fused-ring (bicyclic) bond motifs is 1. The van der Waals surface area contributed by atoms with E-state index in [2.05, 4.69) is 29.1 Å². The van der Waals surface area contributed by atoms with Crippen molar-refractivity contribution in [3.8, 4) is 5.75 Å². The SMILES string of the molecule is C=CCN(C(=O)[C@H]1[C@H]2C(=O)N([C@@H](CO)Cc3ccccc3)C(C(=O)N(CC=C)c3c(C)cccc3Cl)C23CC(Br)[C@@H]1S3)c1ccc(OCC)cc1. The number of thioether (sulfide) groups is 1. The number of hydrogen-bond donors (Lipinski definition) is 1. The second kappa shape index (κ2) is 15.6. The molecule has 268 valence electrons. The molecule has 3 aromatic rings. The summed E-state index contributed by atoms with van der Waals surface area (Å²) < 4.78 is 4.68. The van der Waals surface area contributed by atoms with Gasteiger partial charge in [0.05, 0.1) is 46.5 Å². The molecule has 3 fully saturated rings. The van der Waals surface area contributed by atoms with Crippen molar-refractivity contribution < 1.29 is 24.2 Å². The molecule has 0 radical (unpaired) electrons. The Bertz CT molecular complexity index is 1770. The van der Waals surface area contributed by atoms with Crippen LogP contribution in [0.15, 0.2) is 98.1 Å². The lowest BCUT2D eigenvalue weighted by Crippen LogP contribution is -2.58. The van der Waals surface area contributed by atoms with Crippen LogP contribution in [0.5, 0.6) is 5.75 Å². The van der Waals surface area contributed by atoms with Gasteiger partial charge in [0, 0.05) is 28.9 Å². The van der Waals surface area contributed by atoms with E-state index >= 15 is 9.59 Å². The summed E-state index contributed by atoms with van der Waals surface area (Å²) in [5.74, 6) is -1.67. The van der Waals surface area contributed by atoms with Crippen LogP contribution in [-0.2, 0) is 20.8 Å². The Balaban J connectivity index is 1.47. The van der Waals surface area contributed by atoms with Gasteiger partial charge in [-0.2, -0.15) is 0 Å². The first-order valence-corrected chi connectivity index (χ1v) is 19.4. The zero-order valence-corrected chi connectivity index (χ0v) is 31.9. The number of halogens is 2. The highest BCUT2D eigenvalue weighted by Gasteiger charge is 2.76. The highest BCUT2D eigenvalue weighted by Crippen LogP contribution is 2.68. The molecular weight excluding hydrogens is 750 g/mol. The summed E-state index contributed by atoms with van der Waals surface area (Å²) >= 11 is 12.2. The quantitative estimate of drug-likeness (QED) is 0.142. The van der Waals surface area contributed by atoms with Crippen LogP contribution in [0, 0.1) is 18.8 Å². The molecule has 3 heterocycles. The molecule has 1 N–H and O–H groups in total. The average Bonchev–Trinajstić information content (AvgIpc) is 3.72. The molecule has 0 saturated carbocycles. The Kier molecular flexibility index (Phi) is 11.4. The van der Waals surface area contributed by atoms with Gasteiger partial charge in [-0.1, -0.05) is 82.1 Å². The van der Waals surface area contributed by atoms with E-state index in [-0.39, 0.29) is 47.5 Å². The van der Waals surface area contributed by atoms with Gasteiger partial charge in [0.15, 0.2) is 0 Å². The molecule has 11 heteroatoms. The van der Waals surface area contributed by atoms with Crippen LogP contribution in [-0.4, -0.2) is 80.9 Å². The number of likely N-dealkylation sites (tertiary alicyclic amines) is 1. The van der Waals surface area contributed by atoms with Crippen LogP contribution in [0.4, 0.5) is 11.4 Å². The summed E-state index contributed by atoms with van der Waals surface area (Å²) in [5.41, 5.74) is 2.93. The fraction of sp³-hybridized carbons (Fsp3) is 0.375. The normalized spacial score (nSPS) is 25.3. The lowest BCUT2D eigenvalue weighted by Gasteiger charge is -2.40. The second-order valence-electron chi connectivity index (χ2n) is 13.2. The maximum absolute atomic E-state index is 15.3. The second-order valence-corrected chi connectivity index (χ2v) is 16.4. The summed E-state index contributed by atoms with van der Waals surface area (Å²) in [6.07, 6.45) is 4.15. The van der Waals surface area contributed by atoms with Gasteiger partial charge in [-0.15, -0.1) is 24.9 Å². The molecule has 6 rings (SSSR count). The number of aliphatic hydroxyl groups excluding tert-OH is 1. The maximum atomic E-state index is 15.3. The molecule has 3 aliphatic heterocycles. The van der Waals surface area contributed by atoms with Crippen molar-refractivity contribution in [1.29, 1.82) is 0 Å². The molecule has 1 spiro atoms.